The van der Waals surface area contributed by atoms with Crippen molar-refractivity contribution in [1.82, 2.24) is 5.32 Å². The van der Waals surface area contributed by atoms with E-state index in [9.17, 15) is 49.2 Å². The molecule has 18 nitrogen and oxygen atoms in total. The molecule has 0 spiro atoms. The van der Waals surface area contributed by atoms with E-state index in [1.807, 2.05) is 0 Å². The van der Waals surface area contributed by atoms with Crippen LogP contribution in [0.25, 0.3) is 0 Å². The highest BCUT2D eigenvalue weighted by molar-refractivity contribution is 5.94. The summed E-state index contributed by atoms with van der Waals surface area (Å²) in [4.78, 5) is 95.2. The Bertz CT molecular complexity index is 2240. The Kier molecular flexibility index (Phi) is 13.5. The molecule has 3 unspecified atom stereocenters. The average molecular weight is 908 g/mol. The van der Waals surface area contributed by atoms with Crippen LogP contribution in [0, 0.1) is 16.7 Å². The molecule has 3 fully saturated rings. The zero-order valence-electron chi connectivity index (χ0n) is 37.5. The van der Waals surface area contributed by atoms with Crippen LogP contribution in [-0.2, 0) is 52.4 Å². The zero-order valence-corrected chi connectivity index (χ0v) is 37.5. The number of aliphatic hydroxyl groups excluding tert-OH is 2. The fourth-order valence-electron chi connectivity index (χ4n) is 10.1. The summed E-state index contributed by atoms with van der Waals surface area (Å²) in [5.41, 5.74) is -8.90. The summed E-state index contributed by atoms with van der Waals surface area (Å²) in [6.45, 7) is 11.4. The van der Waals surface area contributed by atoms with E-state index in [1.165, 1.54) is 52.0 Å². The Morgan fingerprint density at radius 2 is 1.54 bits per heavy atom. The molecule has 2 bridgehead atoms. The molecule has 0 aromatic heterocycles. The highest BCUT2D eigenvalue weighted by Gasteiger charge is 2.78. The second-order valence-electron chi connectivity index (χ2n) is 18.9. The number of hydrogen-bond acceptors (Lipinski definition) is 16. The van der Waals surface area contributed by atoms with Gasteiger partial charge in [-0.15, -0.1) is 0 Å². The number of carbonyl (C=O) groups excluding carboxylic acids is 6. The quantitative estimate of drug-likeness (QED) is 0.116. The molecule has 65 heavy (non-hydrogen) atoms. The number of alkyl carbamates (subject to hydrolysis) is 1. The van der Waals surface area contributed by atoms with Gasteiger partial charge in [-0.05, 0) is 63.5 Å². The van der Waals surface area contributed by atoms with E-state index < -0.39 is 137 Å². The lowest BCUT2D eigenvalue weighted by Gasteiger charge is -2.67. The second-order valence-corrected chi connectivity index (χ2v) is 18.9. The summed E-state index contributed by atoms with van der Waals surface area (Å²) in [6, 6.07) is 14.0. The van der Waals surface area contributed by atoms with Gasteiger partial charge in [0.05, 0.1) is 42.4 Å². The van der Waals surface area contributed by atoms with E-state index in [0.717, 1.165) is 6.92 Å². The van der Waals surface area contributed by atoms with Crippen LogP contribution >= 0.6 is 0 Å². The molecule has 2 saturated carbocycles. The topological polar surface area (TPSA) is 268 Å². The van der Waals surface area contributed by atoms with Crippen molar-refractivity contribution in [3.05, 3.63) is 82.9 Å². The molecular formula is C47H57NO17. The number of fused-ring (bicyclic) bond motifs is 5. The number of carboxylic acid groups (broad SMARTS) is 1. The number of hydrogen-bond donors (Lipinski definition) is 5. The minimum atomic E-state index is -2.46. The third-order valence-corrected chi connectivity index (χ3v) is 13.3. The van der Waals surface area contributed by atoms with Gasteiger partial charge in [-0.3, -0.25) is 19.2 Å². The first-order chi connectivity index (χ1) is 30.3. The van der Waals surface area contributed by atoms with Crippen molar-refractivity contribution in [2.24, 2.45) is 16.7 Å². The van der Waals surface area contributed by atoms with Gasteiger partial charge in [-0.2, -0.15) is 0 Å². The smallest absolute Gasteiger partial charge is 0.408 e. The minimum absolute atomic E-state index is 0.0334. The first kappa shape index (κ1) is 48.8. The van der Waals surface area contributed by atoms with Gasteiger partial charge < -0.3 is 54.2 Å². The van der Waals surface area contributed by atoms with Gasteiger partial charge in [-0.1, -0.05) is 62.4 Å². The summed E-state index contributed by atoms with van der Waals surface area (Å²) in [5, 5.41) is 49.8. The van der Waals surface area contributed by atoms with Gasteiger partial charge in [0.1, 0.15) is 41.7 Å². The molecule has 6 rings (SSSR count). The maximum Gasteiger partial charge on any atom is 0.408 e. The molecule has 2 aromatic rings. The third-order valence-electron chi connectivity index (χ3n) is 13.3. The van der Waals surface area contributed by atoms with Crippen molar-refractivity contribution in [2.75, 3.05) is 6.61 Å². The van der Waals surface area contributed by atoms with Gasteiger partial charge in [0.15, 0.2) is 11.4 Å². The van der Waals surface area contributed by atoms with Crippen LogP contribution in [0.2, 0.25) is 0 Å². The molecule has 2 aromatic carbocycles. The van der Waals surface area contributed by atoms with Crippen molar-refractivity contribution in [3.8, 4) is 0 Å². The molecule has 1 aliphatic heterocycles. The molecule has 0 radical (unpaired) electrons. The van der Waals surface area contributed by atoms with Gasteiger partial charge in [0.25, 0.3) is 0 Å². The van der Waals surface area contributed by atoms with E-state index in [-0.39, 0.29) is 35.3 Å². The number of rotatable bonds is 12. The molecule has 1 amide bonds. The Hall–Kier alpha value is -5.69. The van der Waals surface area contributed by atoms with Crippen molar-refractivity contribution < 1.29 is 82.4 Å². The van der Waals surface area contributed by atoms with Crippen LogP contribution in [0.1, 0.15) is 103 Å². The van der Waals surface area contributed by atoms with E-state index in [2.05, 4.69) is 5.32 Å². The monoisotopic (exact) mass is 907 g/mol. The van der Waals surface area contributed by atoms with E-state index >= 15 is 4.79 Å². The number of carbonyl (C=O) groups is 7. The van der Waals surface area contributed by atoms with Crippen molar-refractivity contribution in [2.45, 2.75) is 141 Å². The third kappa shape index (κ3) is 9.00. The lowest BCUT2D eigenvalue weighted by molar-refractivity contribution is -0.346. The molecule has 5 N–H and O–H groups in total. The molecule has 352 valence electrons. The number of nitrogens with one attached hydrogen (secondary N) is 1. The van der Waals surface area contributed by atoms with Crippen LogP contribution in [-0.4, -0.2) is 122 Å². The van der Waals surface area contributed by atoms with Gasteiger partial charge in [0.2, 0.25) is 6.10 Å². The Morgan fingerprint density at radius 1 is 0.923 bits per heavy atom. The Morgan fingerprint density at radius 3 is 2.09 bits per heavy atom. The first-order valence-electron chi connectivity index (χ1n) is 21.4. The highest BCUT2D eigenvalue weighted by atomic mass is 16.6. The Labute approximate surface area is 375 Å². The number of Topliss-reactive ketones (excluding diaryl/α,β-unsaturated/α-hetero) is 1. The Balaban J connectivity index is 1.52. The summed E-state index contributed by atoms with van der Waals surface area (Å²) in [5.74, 6) is -8.16. The van der Waals surface area contributed by atoms with Gasteiger partial charge in [0, 0.05) is 25.2 Å². The fraction of sp³-hybridized carbons (Fsp3) is 0.553. The molecule has 3 aliphatic carbocycles. The van der Waals surface area contributed by atoms with Crippen molar-refractivity contribution >= 4 is 41.7 Å². The molecule has 1 heterocycles. The number of benzene rings is 2. The zero-order chi connectivity index (χ0) is 48.0. The average Bonchev–Trinajstić information content (AvgIpc) is 3.22. The number of aliphatic carboxylic acids is 1. The van der Waals surface area contributed by atoms with E-state index in [4.69, 9.17) is 28.4 Å². The predicted molar refractivity (Wildman–Crippen MR) is 224 cm³/mol. The van der Waals surface area contributed by atoms with Crippen LogP contribution in [0.4, 0.5) is 4.79 Å². The van der Waals surface area contributed by atoms with Gasteiger partial charge in [-0.25, -0.2) is 14.4 Å². The number of esters is 4. The van der Waals surface area contributed by atoms with E-state index in [0.29, 0.717) is 0 Å². The second kappa shape index (κ2) is 17.9. The first-order valence-corrected chi connectivity index (χ1v) is 21.4. The number of ether oxygens (including phenoxy) is 6. The minimum Gasteiger partial charge on any atom is -0.481 e. The van der Waals surface area contributed by atoms with Crippen LogP contribution in [0.5, 0.6) is 0 Å². The summed E-state index contributed by atoms with van der Waals surface area (Å²) < 4.78 is 35.5. The van der Waals surface area contributed by atoms with E-state index in [1.54, 1.807) is 57.2 Å². The van der Waals surface area contributed by atoms with Crippen LogP contribution < -0.4 is 5.32 Å². The SMILES string of the molecule is CC(=O)OC12COC1C[C@@H](O)C1(C)C(=O)[C@@H](O)C3=C(C)[C@H](OC(=O)[C@@H](OC(=O)CCC(=O)O)[C@H](NC(=O)OC(C)(C)C)c4ccccc4)C[C@](O)([C@H](OC(=O)c4ccccc4)[C@@H]21)C3(C)C. The lowest BCUT2D eigenvalue weighted by Crippen LogP contribution is -2.81. The number of amides is 1. The standard InChI is InChI=1S/C47H57NO17/c1-24-28(61-41(57)36(62-32(53)20-19-31(51)52)34(26-15-11-9-12-16-26)48-42(58)65-43(3,4)5)22-47(59)39(63-40(56)27-17-13-10-14-18-27)37-45(8,38(55)35(54)33(24)44(47,6)7)29(50)21-30-46(37,23-60-30)64-25(2)49/h9-18,28-30,34-37,39,50,54,59H,19-23H2,1-8H3,(H,48,58)(H,51,52)/t28-,29-,30?,34-,35+,36+,37-,39-,45?,46?,47+/m1/s1. The number of carboxylic acids is 1. The summed E-state index contributed by atoms with van der Waals surface area (Å²) in [7, 11) is 0. The molecule has 18 heteroatoms. The van der Waals surface area contributed by atoms with Crippen molar-refractivity contribution in [1.29, 1.82) is 0 Å². The molecule has 1 saturated heterocycles. The normalized spacial score (nSPS) is 31.2. The van der Waals surface area contributed by atoms with Crippen LogP contribution in [0.15, 0.2) is 71.8 Å². The van der Waals surface area contributed by atoms with Crippen LogP contribution in [0.3, 0.4) is 0 Å². The largest absolute Gasteiger partial charge is 0.481 e. The summed E-state index contributed by atoms with van der Waals surface area (Å²) in [6.07, 6.45) is -13.5. The fourth-order valence-corrected chi connectivity index (χ4v) is 10.1. The maximum absolute atomic E-state index is 15.1. The molecule has 11 atom stereocenters. The lowest BCUT2D eigenvalue weighted by atomic mass is 9.44. The summed E-state index contributed by atoms with van der Waals surface area (Å²) >= 11 is 0. The maximum atomic E-state index is 15.1. The van der Waals surface area contributed by atoms with Crippen molar-refractivity contribution in [3.63, 3.8) is 0 Å². The van der Waals surface area contributed by atoms with Gasteiger partial charge >= 0.3 is 35.9 Å². The number of aliphatic hydroxyl groups is 3. The molecular weight excluding hydrogens is 851 g/mol. The molecule has 4 aliphatic rings. The highest BCUT2D eigenvalue weighted by Crippen LogP contribution is 2.64. The number of ketones is 1. The predicted octanol–water partition coefficient (Wildman–Crippen LogP) is 3.68.